The summed E-state index contributed by atoms with van der Waals surface area (Å²) in [5.74, 6) is 3.33. The highest BCUT2D eigenvalue weighted by atomic mass is 32.2. The Labute approximate surface area is 66.5 Å². The van der Waals surface area contributed by atoms with Gasteiger partial charge in [-0.2, -0.15) is 0 Å². The van der Waals surface area contributed by atoms with Crippen molar-refractivity contribution in [2.24, 2.45) is 0 Å². The van der Waals surface area contributed by atoms with E-state index in [4.69, 9.17) is 11.5 Å². The molecule has 10 heavy (non-hydrogen) atoms. The first-order valence-electron chi connectivity index (χ1n) is 3.19. The Morgan fingerprint density at radius 2 is 2.50 bits per heavy atom. The minimum atomic E-state index is -0.430. The molecule has 0 radical (unpaired) electrons. The standard InChI is InChI=1S/C8H12OS/c1-4-6-8(7(3)9)10-5-2/h1,6-7,9H,5H2,2-3H3/b8-6+. The number of allylic oxidation sites excluding steroid dienone is 1. The molecule has 0 spiro atoms. The molecule has 0 rings (SSSR count). The van der Waals surface area contributed by atoms with Crippen LogP contribution >= 0.6 is 11.8 Å². The van der Waals surface area contributed by atoms with Crippen LogP contribution in [0.3, 0.4) is 0 Å². The predicted octanol–water partition coefficient (Wildman–Crippen LogP) is 1.64. The van der Waals surface area contributed by atoms with Gasteiger partial charge in [0.1, 0.15) is 0 Å². The third-order valence-corrected chi connectivity index (χ3v) is 2.03. The molecule has 1 N–H and O–H groups in total. The van der Waals surface area contributed by atoms with E-state index in [0.29, 0.717) is 0 Å². The fourth-order valence-corrected chi connectivity index (χ4v) is 1.26. The number of terminal acetylenes is 1. The lowest BCUT2D eigenvalue weighted by Crippen LogP contribution is -2.00. The molecule has 0 saturated heterocycles. The molecule has 0 bridgehead atoms. The normalized spacial score (nSPS) is 14.4. The Bertz CT molecular complexity index is 153. The van der Waals surface area contributed by atoms with Gasteiger partial charge in [-0.05, 0) is 12.7 Å². The molecule has 1 unspecified atom stereocenters. The minimum Gasteiger partial charge on any atom is -0.388 e. The largest absolute Gasteiger partial charge is 0.388 e. The number of aliphatic hydroxyl groups excluding tert-OH is 1. The van der Waals surface area contributed by atoms with E-state index < -0.39 is 6.10 Å². The van der Waals surface area contributed by atoms with Gasteiger partial charge in [-0.3, -0.25) is 0 Å². The highest BCUT2D eigenvalue weighted by Crippen LogP contribution is 2.17. The second-order valence-corrected chi connectivity index (χ2v) is 3.16. The van der Waals surface area contributed by atoms with Crippen molar-refractivity contribution in [1.82, 2.24) is 0 Å². The van der Waals surface area contributed by atoms with E-state index in [1.54, 1.807) is 24.8 Å². The summed E-state index contributed by atoms with van der Waals surface area (Å²) in [6, 6.07) is 0. The summed E-state index contributed by atoms with van der Waals surface area (Å²) >= 11 is 1.58. The van der Waals surface area contributed by atoms with Crippen molar-refractivity contribution >= 4 is 11.8 Å². The van der Waals surface area contributed by atoms with Crippen molar-refractivity contribution in [1.29, 1.82) is 0 Å². The molecule has 0 aromatic rings. The molecule has 0 aliphatic rings. The molecule has 1 atom stereocenters. The molecule has 0 aliphatic heterocycles. The van der Waals surface area contributed by atoms with E-state index in [1.165, 1.54) is 0 Å². The Balaban J connectivity index is 4.01. The van der Waals surface area contributed by atoms with Crippen LogP contribution in [0.2, 0.25) is 0 Å². The summed E-state index contributed by atoms with van der Waals surface area (Å²) < 4.78 is 0. The van der Waals surface area contributed by atoms with E-state index in [2.05, 4.69) is 5.92 Å². The SMILES string of the molecule is C#C/C=C(/SCC)C(C)O. The van der Waals surface area contributed by atoms with Crippen LogP contribution in [0.5, 0.6) is 0 Å². The van der Waals surface area contributed by atoms with E-state index >= 15 is 0 Å². The molecule has 56 valence electrons. The Morgan fingerprint density at radius 1 is 1.90 bits per heavy atom. The summed E-state index contributed by atoms with van der Waals surface area (Å²) in [6.45, 7) is 3.74. The van der Waals surface area contributed by atoms with Gasteiger partial charge in [-0.1, -0.05) is 12.8 Å². The summed E-state index contributed by atoms with van der Waals surface area (Å²) in [4.78, 5) is 0.866. The Hall–Kier alpha value is -0.390. The molecule has 0 heterocycles. The van der Waals surface area contributed by atoms with Gasteiger partial charge in [0.15, 0.2) is 0 Å². The maximum atomic E-state index is 9.09. The first-order chi connectivity index (χ1) is 4.72. The lowest BCUT2D eigenvalue weighted by molar-refractivity contribution is 0.240. The Morgan fingerprint density at radius 3 is 2.80 bits per heavy atom. The van der Waals surface area contributed by atoms with Crippen LogP contribution in [-0.2, 0) is 0 Å². The Kier molecular flexibility index (Phi) is 5.19. The van der Waals surface area contributed by atoms with E-state index in [9.17, 15) is 0 Å². The highest BCUT2D eigenvalue weighted by molar-refractivity contribution is 8.03. The van der Waals surface area contributed by atoms with Crippen LogP contribution in [0, 0.1) is 12.3 Å². The third kappa shape index (κ3) is 3.60. The summed E-state index contributed by atoms with van der Waals surface area (Å²) in [7, 11) is 0. The van der Waals surface area contributed by atoms with Gasteiger partial charge in [-0.15, -0.1) is 18.2 Å². The van der Waals surface area contributed by atoms with Crippen LogP contribution in [0.1, 0.15) is 13.8 Å². The fraction of sp³-hybridized carbons (Fsp3) is 0.500. The first kappa shape index (κ1) is 9.61. The zero-order chi connectivity index (χ0) is 7.98. The van der Waals surface area contributed by atoms with Crippen molar-refractivity contribution in [3.05, 3.63) is 11.0 Å². The smallest absolute Gasteiger partial charge is 0.0826 e. The molecule has 0 aromatic carbocycles. The second kappa shape index (κ2) is 5.40. The summed E-state index contributed by atoms with van der Waals surface area (Å²) in [5, 5.41) is 9.09. The topological polar surface area (TPSA) is 20.2 Å². The van der Waals surface area contributed by atoms with Crippen molar-refractivity contribution in [2.75, 3.05) is 5.75 Å². The van der Waals surface area contributed by atoms with Crippen molar-refractivity contribution in [3.8, 4) is 12.3 Å². The lowest BCUT2D eigenvalue weighted by atomic mass is 10.3. The maximum Gasteiger partial charge on any atom is 0.0826 e. The van der Waals surface area contributed by atoms with Gasteiger partial charge in [0.05, 0.1) is 6.10 Å². The van der Waals surface area contributed by atoms with Crippen LogP contribution in [0.25, 0.3) is 0 Å². The van der Waals surface area contributed by atoms with Crippen LogP contribution in [0.4, 0.5) is 0 Å². The van der Waals surface area contributed by atoms with Gasteiger partial charge < -0.3 is 5.11 Å². The van der Waals surface area contributed by atoms with E-state index in [0.717, 1.165) is 10.7 Å². The molecule has 0 amide bonds. The van der Waals surface area contributed by atoms with Crippen LogP contribution < -0.4 is 0 Å². The fourth-order valence-electron chi connectivity index (χ4n) is 0.532. The van der Waals surface area contributed by atoms with Gasteiger partial charge in [0, 0.05) is 11.0 Å². The predicted molar refractivity (Wildman–Crippen MR) is 46.7 cm³/mol. The molecular weight excluding hydrogens is 144 g/mol. The molecule has 0 aromatic heterocycles. The average molecular weight is 156 g/mol. The average Bonchev–Trinajstić information content (AvgIpc) is 1.87. The first-order valence-corrected chi connectivity index (χ1v) is 4.18. The number of hydrogen-bond acceptors (Lipinski definition) is 2. The van der Waals surface area contributed by atoms with Gasteiger partial charge in [0.2, 0.25) is 0 Å². The van der Waals surface area contributed by atoms with Crippen molar-refractivity contribution in [3.63, 3.8) is 0 Å². The minimum absolute atomic E-state index is 0.430. The zero-order valence-electron chi connectivity index (χ0n) is 6.29. The molecule has 1 nitrogen and oxygen atoms in total. The van der Waals surface area contributed by atoms with Gasteiger partial charge in [-0.25, -0.2) is 0 Å². The molecule has 0 saturated carbocycles. The second-order valence-electron chi connectivity index (χ2n) is 1.82. The van der Waals surface area contributed by atoms with E-state index in [1.807, 2.05) is 6.92 Å². The highest BCUT2D eigenvalue weighted by Gasteiger charge is 2.01. The van der Waals surface area contributed by atoms with Crippen LogP contribution in [-0.4, -0.2) is 17.0 Å². The molecular formula is C8H12OS. The summed E-state index contributed by atoms with van der Waals surface area (Å²) in [6.07, 6.45) is 6.23. The number of rotatable bonds is 3. The molecule has 2 heteroatoms. The zero-order valence-corrected chi connectivity index (χ0v) is 7.11. The lowest BCUT2D eigenvalue weighted by Gasteiger charge is -2.05. The third-order valence-electron chi connectivity index (χ3n) is 0.948. The maximum absolute atomic E-state index is 9.09. The number of hydrogen-bond donors (Lipinski definition) is 1. The van der Waals surface area contributed by atoms with Crippen LogP contribution in [0.15, 0.2) is 11.0 Å². The monoisotopic (exact) mass is 156 g/mol. The number of thioether (sulfide) groups is 1. The van der Waals surface area contributed by atoms with E-state index in [-0.39, 0.29) is 0 Å². The quantitative estimate of drug-likeness (QED) is 0.627. The van der Waals surface area contributed by atoms with Gasteiger partial charge in [0.25, 0.3) is 0 Å². The summed E-state index contributed by atoms with van der Waals surface area (Å²) in [5.41, 5.74) is 0. The van der Waals surface area contributed by atoms with Crippen molar-refractivity contribution < 1.29 is 5.11 Å². The van der Waals surface area contributed by atoms with Gasteiger partial charge >= 0.3 is 0 Å². The number of aliphatic hydroxyl groups is 1. The van der Waals surface area contributed by atoms with Crippen molar-refractivity contribution in [2.45, 2.75) is 20.0 Å². The molecule has 0 fully saturated rings. The molecule has 0 aliphatic carbocycles.